The molecule has 1 N–H and O–H groups in total. The molecule has 0 aromatic heterocycles. The van der Waals surface area contributed by atoms with Gasteiger partial charge in [0.15, 0.2) is 11.6 Å². The highest BCUT2D eigenvalue weighted by Crippen LogP contribution is 2.23. The Bertz CT molecular complexity index is 664. The van der Waals surface area contributed by atoms with Gasteiger partial charge in [-0.2, -0.15) is 0 Å². The van der Waals surface area contributed by atoms with Gasteiger partial charge in [0.1, 0.15) is 11.4 Å². The maximum absolute atomic E-state index is 14.1. The van der Waals surface area contributed by atoms with E-state index in [1.807, 2.05) is 0 Å². The van der Waals surface area contributed by atoms with Crippen LogP contribution in [0.15, 0.2) is 23.9 Å². The van der Waals surface area contributed by atoms with Crippen molar-refractivity contribution in [3.8, 4) is 0 Å². The lowest BCUT2D eigenvalue weighted by Crippen LogP contribution is -2.17. The summed E-state index contributed by atoms with van der Waals surface area (Å²) in [6.07, 6.45) is 0.671. The molecule has 0 heterocycles. The van der Waals surface area contributed by atoms with Gasteiger partial charge >= 0.3 is 17.9 Å². The van der Waals surface area contributed by atoms with Crippen molar-refractivity contribution in [1.82, 2.24) is 0 Å². The maximum Gasteiger partial charge on any atom is 0.354 e. The van der Waals surface area contributed by atoms with Crippen LogP contribution >= 0.6 is 0 Å². The first kappa shape index (κ1) is 19.1. The molecule has 0 atom stereocenters. The minimum absolute atomic E-state index is 0.0381. The van der Waals surface area contributed by atoms with E-state index in [-0.39, 0.29) is 12.2 Å². The normalized spacial score (nSPS) is 10.8. The first-order valence-corrected chi connectivity index (χ1v) is 6.65. The Morgan fingerprint density at radius 3 is 2.17 bits per heavy atom. The van der Waals surface area contributed by atoms with E-state index in [2.05, 4.69) is 19.5 Å². The van der Waals surface area contributed by atoms with Crippen LogP contribution in [0.2, 0.25) is 0 Å². The van der Waals surface area contributed by atoms with E-state index in [1.54, 1.807) is 6.92 Å². The number of carbonyl (C=O) groups is 3. The molecule has 0 fully saturated rings. The highest BCUT2D eigenvalue weighted by atomic mass is 19.1. The van der Waals surface area contributed by atoms with Gasteiger partial charge in [-0.05, 0) is 19.1 Å². The average Bonchev–Trinajstić information content (AvgIpc) is 2.55. The minimum atomic E-state index is -1.17. The Kier molecular flexibility index (Phi) is 6.84. The molecule has 1 rings (SSSR count). The minimum Gasteiger partial charge on any atom is -0.466 e. The molecule has 1 aromatic carbocycles. The zero-order valence-corrected chi connectivity index (χ0v) is 13.1. The quantitative estimate of drug-likeness (QED) is 0.478. The third kappa shape index (κ3) is 4.77. The van der Waals surface area contributed by atoms with E-state index < -0.39 is 40.9 Å². The summed E-state index contributed by atoms with van der Waals surface area (Å²) in [6.45, 7) is 1.58. The average molecular weight is 343 g/mol. The summed E-state index contributed by atoms with van der Waals surface area (Å²) in [6, 6.07) is 1.47. The molecule has 0 spiro atoms. The number of esters is 3. The molecule has 130 valence electrons. The summed E-state index contributed by atoms with van der Waals surface area (Å²) in [5, 5.41) is 2.11. The highest BCUT2D eigenvalue weighted by Gasteiger charge is 2.20. The molecule has 0 aliphatic carbocycles. The van der Waals surface area contributed by atoms with Crippen LogP contribution in [0.1, 0.15) is 17.3 Å². The van der Waals surface area contributed by atoms with E-state index in [1.165, 1.54) is 0 Å². The molecular formula is C15H15F2NO6. The van der Waals surface area contributed by atoms with E-state index >= 15 is 0 Å². The molecular weight excluding hydrogens is 328 g/mol. The summed E-state index contributed by atoms with van der Waals surface area (Å²) < 4.78 is 41.5. The second-order valence-corrected chi connectivity index (χ2v) is 4.23. The highest BCUT2D eigenvalue weighted by molar-refractivity contribution is 5.99. The van der Waals surface area contributed by atoms with Gasteiger partial charge < -0.3 is 19.5 Å². The number of carbonyl (C=O) groups excluding carboxylic acids is 3. The lowest BCUT2D eigenvalue weighted by molar-refractivity contribution is -0.138. The van der Waals surface area contributed by atoms with E-state index in [0.29, 0.717) is 6.08 Å². The SMILES string of the molecule is CCOC(=O)c1cc(F)c(N/C(=C/C(=O)OC)C(=O)OC)c(F)c1. The second-order valence-electron chi connectivity index (χ2n) is 4.23. The molecule has 0 saturated heterocycles. The molecule has 0 bridgehead atoms. The Morgan fingerprint density at radius 2 is 1.71 bits per heavy atom. The van der Waals surface area contributed by atoms with Crippen molar-refractivity contribution in [3.63, 3.8) is 0 Å². The maximum atomic E-state index is 14.1. The number of hydrogen-bond acceptors (Lipinski definition) is 7. The summed E-state index contributed by atoms with van der Waals surface area (Å²) >= 11 is 0. The fourth-order valence-corrected chi connectivity index (χ4v) is 1.59. The van der Waals surface area contributed by atoms with Gasteiger partial charge in [-0.15, -0.1) is 0 Å². The summed E-state index contributed by atoms with van der Waals surface area (Å²) in [5.74, 6) is -5.23. The van der Waals surface area contributed by atoms with Crippen LogP contribution in [-0.2, 0) is 23.8 Å². The number of anilines is 1. The fraction of sp³-hybridized carbons (Fsp3) is 0.267. The van der Waals surface area contributed by atoms with Gasteiger partial charge in [-0.3, -0.25) is 0 Å². The van der Waals surface area contributed by atoms with Crippen molar-refractivity contribution in [1.29, 1.82) is 0 Å². The first-order valence-electron chi connectivity index (χ1n) is 6.65. The lowest BCUT2D eigenvalue weighted by atomic mass is 10.1. The second kappa shape index (κ2) is 8.61. The number of ether oxygens (including phenoxy) is 3. The summed E-state index contributed by atoms with van der Waals surface area (Å²) in [7, 11) is 2.08. The monoisotopic (exact) mass is 343 g/mol. The predicted octanol–water partition coefficient (Wildman–Crippen LogP) is 1.78. The molecule has 1 aromatic rings. The third-order valence-electron chi connectivity index (χ3n) is 2.68. The number of benzene rings is 1. The van der Waals surface area contributed by atoms with Crippen LogP contribution in [0.3, 0.4) is 0 Å². The number of halogens is 2. The summed E-state index contributed by atoms with van der Waals surface area (Å²) in [4.78, 5) is 34.3. The molecule has 0 unspecified atom stereocenters. The number of methoxy groups -OCH3 is 2. The van der Waals surface area contributed by atoms with Crippen LogP contribution in [0.25, 0.3) is 0 Å². The Morgan fingerprint density at radius 1 is 1.12 bits per heavy atom. The first-order chi connectivity index (χ1) is 11.3. The predicted molar refractivity (Wildman–Crippen MR) is 78.1 cm³/mol. The fourth-order valence-electron chi connectivity index (χ4n) is 1.59. The van der Waals surface area contributed by atoms with E-state index in [4.69, 9.17) is 0 Å². The molecule has 9 heteroatoms. The van der Waals surface area contributed by atoms with Gasteiger partial charge in [0, 0.05) is 0 Å². The van der Waals surface area contributed by atoms with Crippen LogP contribution in [0, 0.1) is 11.6 Å². The molecule has 24 heavy (non-hydrogen) atoms. The van der Waals surface area contributed by atoms with E-state index in [0.717, 1.165) is 26.4 Å². The van der Waals surface area contributed by atoms with Gasteiger partial charge in [0.2, 0.25) is 0 Å². The third-order valence-corrected chi connectivity index (χ3v) is 2.68. The zero-order chi connectivity index (χ0) is 18.3. The van der Waals surface area contributed by atoms with Crippen LogP contribution in [-0.4, -0.2) is 38.7 Å². The topological polar surface area (TPSA) is 90.9 Å². The van der Waals surface area contributed by atoms with Gasteiger partial charge in [0.05, 0.1) is 32.5 Å². The molecule has 0 radical (unpaired) electrons. The van der Waals surface area contributed by atoms with Crippen LogP contribution < -0.4 is 5.32 Å². The molecule has 0 saturated carbocycles. The molecule has 0 amide bonds. The van der Waals surface area contributed by atoms with Gasteiger partial charge in [-0.1, -0.05) is 0 Å². The lowest BCUT2D eigenvalue weighted by Gasteiger charge is -2.12. The number of rotatable bonds is 6. The van der Waals surface area contributed by atoms with Crippen molar-refractivity contribution < 1.29 is 37.4 Å². The van der Waals surface area contributed by atoms with Crippen molar-refractivity contribution in [2.24, 2.45) is 0 Å². The smallest absolute Gasteiger partial charge is 0.354 e. The Balaban J connectivity index is 3.21. The molecule has 0 aliphatic rings. The standard InChI is InChI=1S/C15H15F2NO6/c1-4-24-14(20)8-5-9(16)13(10(17)6-8)18-11(15(21)23-3)7-12(19)22-2/h5-7,18H,4H2,1-3H3/b11-7+. The van der Waals surface area contributed by atoms with Crippen molar-refractivity contribution in [3.05, 3.63) is 41.1 Å². The van der Waals surface area contributed by atoms with Crippen LogP contribution in [0.5, 0.6) is 0 Å². The Labute approximate surface area is 136 Å². The van der Waals surface area contributed by atoms with Crippen molar-refractivity contribution >= 4 is 23.6 Å². The van der Waals surface area contributed by atoms with Gasteiger partial charge in [-0.25, -0.2) is 23.2 Å². The van der Waals surface area contributed by atoms with Crippen molar-refractivity contribution in [2.75, 3.05) is 26.1 Å². The Hall–Kier alpha value is -2.97. The number of hydrogen-bond donors (Lipinski definition) is 1. The van der Waals surface area contributed by atoms with Crippen LogP contribution in [0.4, 0.5) is 14.5 Å². The van der Waals surface area contributed by atoms with Gasteiger partial charge in [0.25, 0.3) is 0 Å². The van der Waals surface area contributed by atoms with E-state index in [9.17, 15) is 23.2 Å². The molecule has 0 aliphatic heterocycles. The number of nitrogens with one attached hydrogen (secondary N) is 1. The zero-order valence-electron chi connectivity index (χ0n) is 13.1. The van der Waals surface area contributed by atoms with Crippen molar-refractivity contribution in [2.45, 2.75) is 6.92 Å². The summed E-state index contributed by atoms with van der Waals surface area (Å²) in [5.41, 5.74) is -1.64. The largest absolute Gasteiger partial charge is 0.466 e. The molecule has 7 nitrogen and oxygen atoms in total.